The average molecular weight is 621 g/mol. The molecule has 0 aliphatic rings. The van der Waals surface area contributed by atoms with Crippen molar-refractivity contribution >= 4 is 29.6 Å². The summed E-state index contributed by atoms with van der Waals surface area (Å²) < 4.78 is 31.7. The van der Waals surface area contributed by atoms with Gasteiger partial charge < -0.3 is 54.8 Å². The van der Waals surface area contributed by atoms with Gasteiger partial charge >= 0.3 is 5.97 Å². The minimum atomic E-state index is -1.24. The molecule has 0 heterocycles. The zero-order chi connectivity index (χ0) is 32.0. The third kappa shape index (κ3) is 27.4. The lowest BCUT2D eigenvalue weighted by atomic mass is 10.1. The van der Waals surface area contributed by atoms with Crippen LogP contribution >= 0.6 is 0 Å². The van der Waals surface area contributed by atoms with E-state index in [0.29, 0.717) is 59.3 Å². The lowest BCUT2D eigenvalue weighted by Crippen LogP contribution is -2.41. The van der Waals surface area contributed by atoms with Crippen LogP contribution in [-0.4, -0.2) is 140 Å². The number of carboxylic acids is 1. The quantitative estimate of drug-likeness (QED) is 0.0453. The first kappa shape index (κ1) is 39.8. The topological polar surface area (TPSA) is 209 Å². The van der Waals surface area contributed by atoms with E-state index in [9.17, 15) is 24.0 Å². The Bertz CT molecular complexity index is 800. The summed E-state index contributed by atoms with van der Waals surface area (Å²) in [4.78, 5) is 57.6. The molecule has 248 valence electrons. The first-order valence-corrected chi connectivity index (χ1v) is 14.2. The fourth-order valence-corrected chi connectivity index (χ4v) is 3.01. The molecule has 1 atom stereocenters. The average Bonchev–Trinajstić information content (AvgIpc) is 2.98. The predicted molar refractivity (Wildman–Crippen MR) is 153 cm³/mol. The molecule has 0 radical (unpaired) electrons. The standard InChI is InChI=1S/C27H48N4O12/c1-3-23(32)31-22(27(36)37)5-6-24(33)28-8-12-42-19-20-43-21-26(35)30-10-14-41-18-17-39-11-7-25(34)29-9-13-40-16-15-38-4-2/h3,22H,1,4-21H2,2H3,(H,28,33)(H,29,34)(H,30,35)(H,31,32)(H,36,37). The number of rotatable bonds is 30. The second kappa shape index (κ2) is 28.9. The van der Waals surface area contributed by atoms with Gasteiger partial charge in [0, 0.05) is 39.1 Å². The molecule has 0 aromatic rings. The minimum Gasteiger partial charge on any atom is -0.480 e. The lowest BCUT2D eigenvalue weighted by molar-refractivity contribution is -0.141. The van der Waals surface area contributed by atoms with Crippen molar-refractivity contribution in [2.75, 3.05) is 98.9 Å². The SMILES string of the molecule is C=CC(=O)NC(CCC(=O)NCCOCCOCC(=O)NCCOCCOCCC(=O)NCCOCCOCC)C(=O)O. The number of amides is 4. The summed E-state index contributed by atoms with van der Waals surface area (Å²) in [5, 5.41) is 19.3. The number of hydrogen-bond donors (Lipinski definition) is 5. The van der Waals surface area contributed by atoms with Crippen molar-refractivity contribution in [2.45, 2.75) is 32.2 Å². The second-order valence-electron chi connectivity index (χ2n) is 8.64. The highest BCUT2D eigenvalue weighted by molar-refractivity contribution is 5.90. The Hall–Kier alpha value is -3.15. The van der Waals surface area contributed by atoms with Crippen molar-refractivity contribution in [3.63, 3.8) is 0 Å². The molecule has 4 amide bonds. The third-order valence-corrected chi connectivity index (χ3v) is 5.19. The van der Waals surface area contributed by atoms with Gasteiger partial charge in [-0.05, 0) is 19.4 Å². The second-order valence-corrected chi connectivity index (χ2v) is 8.64. The van der Waals surface area contributed by atoms with Gasteiger partial charge in [-0.15, -0.1) is 0 Å². The first-order valence-electron chi connectivity index (χ1n) is 14.2. The van der Waals surface area contributed by atoms with Crippen LogP contribution in [0.15, 0.2) is 12.7 Å². The van der Waals surface area contributed by atoms with Crippen LogP contribution < -0.4 is 21.3 Å². The van der Waals surface area contributed by atoms with Crippen LogP contribution in [0.25, 0.3) is 0 Å². The summed E-state index contributed by atoms with van der Waals surface area (Å²) in [6, 6.07) is -1.18. The minimum absolute atomic E-state index is 0.0621. The third-order valence-electron chi connectivity index (χ3n) is 5.19. The molecule has 0 aromatic heterocycles. The summed E-state index contributed by atoms with van der Waals surface area (Å²) in [6.45, 7) is 9.92. The molecule has 1 unspecified atom stereocenters. The largest absolute Gasteiger partial charge is 0.480 e. The van der Waals surface area contributed by atoms with Gasteiger partial charge in [-0.25, -0.2) is 4.79 Å². The van der Waals surface area contributed by atoms with E-state index in [4.69, 9.17) is 33.5 Å². The number of aliphatic carboxylic acids is 1. The maximum Gasteiger partial charge on any atom is 0.326 e. The number of nitrogens with one attached hydrogen (secondary N) is 4. The number of carboxylic acid groups (broad SMARTS) is 1. The predicted octanol–water partition coefficient (Wildman–Crippen LogP) is -1.62. The van der Waals surface area contributed by atoms with Crippen LogP contribution in [0.3, 0.4) is 0 Å². The number of hydrogen-bond acceptors (Lipinski definition) is 11. The maximum atomic E-state index is 11.8. The summed E-state index contributed by atoms with van der Waals surface area (Å²) in [5.74, 6) is -2.66. The highest BCUT2D eigenvalue weighted by Gasteiger charge is 2.19. The normalized spacial score (nSPS) is 11.4. The number of ether oxygens (including phenoxy) is 6. The van der Waals surface area contributed by atoms with Gasteiger partial charge in [-0.3, -0.25) is 19.2 Å². The molecule has 0 rings (SSSR count). The Morgan fingerprint density at radius 3 is 1.63 bits per heavy atom. The van der Waals surface area contributed by atoms with Crippen molar-refractivity contribution in [2.24, 2.45) is 0 Å². The fourth-order valence-electron chi connectivity index (χ4n) is 3.01. The Balaban J connectivity index is 3.49. The van der Waals surface area contributed by atoms with E-state index in [1.165, 1.54) is 0 Å². The van der Waals surface area contributed by atoms with Crippen LogP contribution in [0, 0.1) is 0 Å². The highest BCUT2D eigenvalue weighted by atomic mass is 16.5. The van der Waals surface area contributed by atoms with E-state index < -0.39 is 17.9 Å². The van der Waals surface area contributed by atoms with E-state index in [1.54, 1.807) is 0 Å². The van der Waals surface area contributed by atoms with Gasteiger partial charge in [0.1, 0.15) is 12.6 Å². The Kier molecular flexibility index (Phi) is 26.8. The lowest BCUT2D eigenvalue weighted by Gasteiger charge is -2.13. The van der Waals surface area contributed by atoms with Crippen molar-refractivity contribution in [3.05, 3.63) is 12.7 Å². The van der Waals surface area contributed by atoms with Crippen LogP contribution in [0.1, 0.15) is 26.2 Å². The zero-order valence-electron chi connectivity index (χ0n) is 25.0. The summed E-state index contributed by atoms with van der Waals surface area (Å²) in [7, 11) is 0. The summed E-state index contributed by atoms with van der Waals surface area (Å²) in [6.07, 6.45) is 1.05. The Labute approximate surface area is 252 Å². The molecule has 0 aliphatic carbocycles. The molecule has 43 heavy (non-hydrogen) atoms. The van der Waals surface area contributed by atoms with E-state index in [1.807, 2.05) is 6.92 Å². The van der Waals surface area contributed by atoms with Crippen LogP contribution in [0.4, 0.5) is 0 Å². The highest BCUT2D eigenvalue weighted by Crippen LogP contribution is 1.98. The van der Waals surface area contributed by atoms with E-state index in [0.717, 1.165) is 6.08 Å². The number of carbonyl (C=O) groups is 5. The van der Waals surface area contributed by atoms with Gasteiger partial charge in [-0.1, -0.05) is 6.58 Å². The van der Waals surface area contributed by atoms with Gasteiger partial charge in [0.05, 0.1) is 66.1 Å². The molecule has 16 nitrogen and oxygen atoms in total. The Morgan fingerprint density at radius 2 is 1.12 bits per heavy atom. The Morgan fingerprint density at radius 1 is 0.651 bits per heavy atom. The van der Waals surface area contributed by atoms with Crippen molar-refractivity contribution in [3.8, 4) is 0 Å². The van der Waals surface area contributed by atoms with E-state index in [-0.39, 0.29) is 76.6 Å². The van der Waals surface area contributed by atoms with E-state index in [2.05, 4.69) is 27.8 Å². The van der Waals surface area contributed by atoms with Crippen LogP contribution in [0.5, 0.6) is 0 Å². The van der Waals surface area contributed by atoms with Crippen LogP contribution in [-0.2, 0) is 52.4 Å². The van der Waals surface area contributed by atoms with Gasteiger partial charge in [-0.2, -0.15) is 0 Å². The molecule has 0 saturated heterocycles. The van der Waals surface area contributed by atoms with Gasteiger partial charge in [0.2, 0.25) is 23.6 Å². The summed E-state index contributed by atoms with van der Waals surface area (Å²) >= 11 is 0. The maximum absolute atomic E-state index is 11.8. The number of carbonyl (C=O) groups excluding carboxylic acids is 4. The monoisotopic (exact) mass is 620 g/mol. The van der Waals surface area contributed by atoms with Crippen LogP contribution in [0.2, 0.25) is 0 Å². The zero-order valence-corrected chi connectivity index (χ0v) is 25.0. The van der Waals surface area contributed by atoms with Crippen molar-refractivity contribution in [1.29, 1.82) is 0 Å². The van der Waals surface area contributed by atoms with Gasteiger partial charge in [0.25, 0.3) is 0 Å². The molecule has 0 aromatic carbocycles. The van der Waals surface area contributed by atoms with Gasteiger partial charge in [0.15, 0.2) is 0 Å². The smallest absolute Gasteiger partial charge is 0.326 e. The van der Waals surface area contributed by atoms with Crippen molar-refractivity contribution < 1.29 is 57.5 Å². The molecular formula is C27H48N4O12. The van der Waals surface area contributed by atoms with E-state index >= 15 is 0 Å². The molecule has 0 saturated carbocycles. The first-order chi connectivity index (χ1) is 20.8. The molecule has 16 heteroatoms. The molecular weight excluding hydrogens is 572 g/mol. The van der Waals surface area contributed by atoms with Crippen molar-refractivity contribution in [1.82, 2.24) is 21.3 Å². The molecule has 5 N–H and O–H groups in total. The fraction of sp³-hybridized carbons (Fsp3) is 0.741. The molecule has 0 spiro atoms. The molecule has 0 fully saturated rings. The molecule has 0 aliphatic heterocycles. The molecule has 0 bridgehead atoms. The summed E-state index contributed by atoms with van der Waals surface area (Å²) in [5.41, 5.74) is 0.